The number of halogens is 1. The van der Waals surface area contributed by atoms with Crippen LogP contribution >= 0.6 is 0 Å². The molecule has 2 nitrogen and oxygen atoms in total. The van der Waals surface area contributed by atoms with Crippen molar-refractivity contribution >= 4 is 0 Å². The van der Waals surface area contributed by atoms with Gasteiger partial charge in [-0.05, 0) is 43.2 Å². The predicted molar refractivity (Wildman–Crippen MR) is 69.5 cm³/mol. The van der Waals surface area contributed by atoms with Crippen molar-refractivity contribution in [2.75, 3.05) is 7.11 Å². The monoisotopic (exact) mass is 246 g/mol. The Morgan fingerprint density at radius 2 is 1.83 bits per heavy atom. The van der Waals surface area contributed by atoms with Gasteiger partial charge in [0, 0.05) is 17.2 Å². The van der Waals surface area contributed by atoms with E-state index in [2.05, 4.69) is 0 Å². The average Bonchev–Trinajstić information content (AvgIpc) is 2.29. The number of benzene rings is 2. The number of aromatic hydroxyl groups is 1. The lowest BCUT2D eigenvalue weighted by molar-refractivity contribution is 0.415. The Kier molecular flexibility index (Phi) is 3.24. The molecular formula is C15H15FO2. The summed E-state index contributed by atoms with van der Waals surface area (Å²) in [5, 5.41) is 9.25. The van der Waals surface area contributed by atoms with Crippen molar-refractivity contribution in [2.45, 2.75) is 13.8 Å². The smallest absolute Gasteiger partial charge is 0.134 e. The summed E-state index contributed by atoms with van der Waals surface area (Å²) in [5.74, 6) is 0.0947. The Morgan fingerprint density at radius 1 is 1.11 bits per heavy atom. The highest BCUT2D eigenvalue weighted by atomic mass is 19.1. The van der Waals surface area contributed by atoms with Gasteiger partial charge < -0.3 is 9.84 Å². The second kappa shape index (κ2) is 4.69. The first-order valence-electron chi connectivity index (χ1n) is 5.67. The molecule has 0 saturated carbocycles. The molecule has 0 saturated heterocycles. The van der Waals surface area contributed by atoms with Gasteiger partial charge in [0.25, 0.3) is 0 Å². The van der Waals surface area contributed by atoms with Crippen molar-refractivity contribution in [2.24, 2.45) is 0 Å². The zero-order valence-corrected chi connectivity index (χ0v) is 10.6. The maximum absolute atomic E-state index is 13.9. The van der Waals surface area contributed by atoms with Crippen LogP contribution in [-0.4, -0.2) is 12.2 Å². The van der Waals surface area contributed by atoms with Crippen LogP contribution in [0, 0.1) is 19.7 Å². The molecule has 2 aromatic carbocycles. The molecule has 0 spiro atoms. The first-order chi connectivity index (χ1) is 8.52. The van der Waals surface area contributed by atoms with E-state index in [9.17, 15) is 9.50 Å². The van der Waals surface area contributed by atoms with Crippen LogP contribution in [0.1, 0.15) is 11.1 Å². The summed E-state index contributed by atoms with van der Waals surface area (Å²) in [5.41, 5.74) is 3.16. The SMILES string of the molecule is COc1cc(C)cc(C)c1-c1ccc(O)cc1F. The minimum absolute atomic E-state index is 0.0834. The molecule has 0 aliphatic rings. The van der Waals surface area contributed by atoms with E-state index in [0.717, 1.165) is 22.8 Å². The molecular weight excluding hydrogens is 231 g/mol. The zero-order valence-electron chi connectivity index (χ0n) is 10.6. The summed E-state index contributed by atoms with van der Waals surface area (Å²) in [6, 6.07) is 7.98. The van der Waals surface area contributed by atoms with Gasteiger partial charge in [-0.25, -0.2) is 4.39 Å². The zero-order chi connectivity index (χ0) is 13.3. The molecule has 0 amide bonds. The number of rotatable bonds is 2. The number of hydrogen-bond acceptors (Lipinski definition) is 2. The molecule has 0 atom stereocenters. The van der Waals surface area contributed by atoms with Crippen LogP contribution in [0.25, 0.3) is 11.1 Å². The van der Waals surface area contributed by atoms with Crippen molar-refractivity contribution < 1.29 is 14.2 Å². The van der Waals surface area contributed by atoms with Crippen LogP contribution in [0.4, 0.5) is 4.39 Å². The van der Waals surface area contributed by atoms with Crippen molar-refractivity contribution in [3.05, 3.63) is 47.3 Å². The van der Waals surface area contributed by atoms with Crippen molar-refractivity contribution in [3.8, 4) is 22.6 Å². The van der Waals surface area contributed by atoms with Gasteiger partial charge in [-0.3, -0.25) is 0 Å². The number of phenols is 1. The van der Waals surface area contributed by atoms with E-state index in [1.54, 1.807) is 13.2 Å². The fraction of sp³-hybridized carbons (Fsp3) is 0.200. The lowest BCUT2D eigenvalue weighted by Gasteiger charge is -2.14. The summed E-state index contributed by atoms with van der Waals surface area (Å²) in [7, 11) is 1.57. The molecule has 0 heterocycles. The molecule has 2 aromatic rings. The normalized spacial score (nSPS) is 10.4. The van der Waals surface area contributed by atoms with E-state index in [0.29, 0.717) is 11.3 Å². The summed E-state index contributed by atoms with van der Waals surface area (Å²) in [6.45, 7) is 3.88. The Morgan fingerprint density at radius 3 is 2.44 bits per heavy atom. The lowest BCUT2D eigenvalue weighted by Crippen LogP contribution is -1.94. The van der Waals surface area contributed by atoms with Gasteiger partial charge in [0.2, 0.25) is 0 Å². The number of aryl methyl sites for hydroxylation is 2. The Labute approximate surface area is 106 Å². The van der Waals surface area contributed by atoms with Gasteiger partial charge in [-0.1, -0.05) is 6.07 Å². The van der Waals surface area contributed by atoms with Crippen LogP contribution < -0.4 is 4.74 Å². The van der Waals surface area contributed by atoms with Gasteiger partial charge in [-0.15, -0.1) is 0 Å². The molecule has 2 rings (SSSR count). The fourth-order valence-electron chi connectivity index (χ4n) is 2.14. The minimum atomic E-state index is -0.458. The second-order valence-electron chi connectivity index (χ2n) is 4.32. The van der Waals surface area contributed by atoms with Gasteiger partial charge in [0.05, 0.1) is 7.11 Å². The quantitative estimate of drug-likeness (QED) is 0.872. The Balaban J connectivity index is 2.70. The summed E-state index contributed by atoms with van der Waals surface area (Å²) < 4.78 is 19.2. The second-order valence-corrected chi connectivity index (χ2v) is 4.32. The summed E-state index contributed by atoms with van der Waals surface area (Å²) >= 11 is 0. The third kappa shape index (κ3) is 2.16. The average molecular weight is 246 g/mol. The molecule has 0 aliphatic heterocycles. The van der Waals surface area contributed by atoms with Crippen molar-refractivity contribution in [3.63, 3.8) is 0 Å². The van der Waals surface area contributed by atoms with E-state index in [-0.39, 0.29) is 5.75 Å². The van der Waals surface area contributed by atoms with E-state index >= 15 is 0 Å². The largest absolute Gasteiger partial charge is 0.508 e. The van der Waals surface area contributed by atoms with Crippen LogP contribution in [0.3, 0.4) is 0 Å². The molecule has 18 heavy (non-hydrogen) atoms. The lowest BCUT2D eigenvalue weighted by atomic mass is 9.97. The van der Waals surface area contributed by atoms with Gasteiger partial charge >= 0.3 is 0 Å². The van der Waals surface area contributed by atoms with Crippen molar-refractivity contribution in [1.82, 2.24) is 0 Å². The standard InChI is InChI=1S/C15H15FO2/c1-9-6-10(2)15(14(7-9)18-3)12-5-4-11(17)8-13(12)16/h4-8,17H,1-3H3. The predicted octanol–water partition coefficient (Wildman–Crippen LogP) is 3.82. The molecule has 0 aliphatic carbocycles. The first-order valence-corrected chi connectivity index (χ1v) is 5.67. The maximum Gasteiger partial charge on any atom is 0.134 e. The first kappa shape index (κ1) is 12.4. The fourth-order valence-corrected chi connectivity index (χ4v) is 2.14. The van der Waals surface area contributed by atoms with Gasteiger partial charge in [0.1, 0.15) is 17.3 Å². The van der Waals surface area contributed by atoms with Gasteiger partial charge in [0.15, 0.2) is 0 Å². The van der Waals surface area contributed by atoms with Crippen LogP contribution in [0.2, 0.25) is 0 Å². The van der Waals surface area contributed by atoms with E-state index in [1.807, 2.05) is 26.0 Å². The highest BCUT2D eigenvalue weighted by molar-refractivity contribution is 5.75. The molecule has 3 heteroatoms. The van der Waals surface area contributed by atoms with E-state index in [1.165, 1.54) is 6.07 Å². The highest BCUT2D eigenvalue weighted by Gasteiger charge is 2.14. The van der Waals surface area contributed by atoms with E-state index in [4.69, 9.17) is 4.74 Å². The third-order valence-corrected chi connectivity index (χ3v) is 2.89. The third-order valence-electron chi connectivity index (χ3n) is 2.89. The molecule has 0 bridgehead atoms. The van der Waals surface area contributed by atoms with Crippen LogP contribution in [0.15, 0.2) is 30.3 Å². The maximum atomic E-state index is 13.9. The van der Waals surface area contributed by atoms with Crippen LogP contribution in [0.5, 0.6) is 11.5 Å². The number of methoxy groups -OCH3 is 1. The Bertz CT molecular complexity index is 591. The number of hydrogen-bond donors (Lipinski definition) is 1. The summed E-state index contributed by atoms with van der Waals surface area (Å²) in [4.78, 5) is 0. The van der Waals surface area contributed by atoms with Gasteiger partial charge in [-0.2, -0.15) is 0 Å². The number of phenolic OH excluding ortho intramolecular Hbond substituents is 1. The minimum Gasteiger partial charge on any atom is -0.508 e. The molecule has 0 radical (unpaired) electrons. The topological polar surface area (TPSA) is 29.5 Å². The molecule has 0 unspecified atom stereocenters. The van der Waals surface area contributed by atoms with Crippen LogP contribution in [-0.2, 0) is 0 Å². The molecule has 0 aromatic heterocycles. The highest BCUT2D eigenvalue weighted by Crippen LogP contribution is 2.36. The molecule has 94 valence electrons. The summed E-state index contributed by atoms with van der Waals surface area (Å²) in [6.07, 6.45) is 0. The molecule has 1 N–H and O–H groups in total. The van der Waals surface area contributed by atoms with E-state index < -0.39 is 5.82 Å². The Hall–Kier alpha value is -2.03. The van der Waals surface area contributed by atoms with Crippen molar-refractivity contribution in [1.29, 1.82) is 0 Å². The molecule has 0 fully saturated rings. The number of ether oxygens (including phenoxy) is 1.